The molecule has 0 spiro atoms. The quantitative estimate of drug-likeness (QED) is 0.660. The molecule has 3 aromatic rings. The van der Waals surface area contributed by atoms with Gasteiger partial charge in [-0.05, 0) is 31.5 Å². The van der Waals surface area contributed by atoms with E-state index in [-0.39, 0.29) is 17.6 Å². The van der Waals surface area contributed by atoms with Gasteiger partial charge >= 0.3 is 5.97 Å². The lowest BCUT2D eigenvalue weighted by Crippen LogP contribution is -2.37. The van der Waals surface area contributed by atoms with Crippen molar-refractivity contribution in [1.29, 1.82) is 0 Å². The Balaban J connectivity index is 1.59. The predicted octanol–water partition coefficient (Wildman–Crippen LogP) is 3.63. The van der Waals surface area contributed by atoms with E-state index in [1.54, 1.807) is 11.6 Å². The van der Waals surface area contributed by atoms with Crippen molar-refractivity contribution < 1.29 is 14.3 Å². The minimum absolute atomic E-state index is 0.163. The van der Waals surface area contributed by atoms with Crippen molar-refractivity contribution >= 4 is 23.2 Å². The number of nitrogens with zero attached hydrogens (tertiary/aromatic N) is 2. The van der Waals surface area contributed by atoms with Crippen LogP contribution in [0.3, 0.4) is 0 Å². The second-order valence-electron chi connectivity index (χ2n) is 5.94. The highest BCUT2D eigenvalue weighted by Crippen LogP contribution is 2.22. The monoisotopic (exact) mass is 381 g/mol. The molecule has 7 heteroatoms. The molecule has 0 aliphatic carbocycles. The van der Waals surface area contributed by atoms with Gasteiger partial charge in [0.1, 0.15) is 5.01 Å². The van der Waals surface area contributed by atoms with E-state index in [4.69, 9.17) is 4.74 Å². The number of benzene rings is 1. The molecule has 1 N–H and O–H groups in total. The van der Waals surface area contributed by atoms with Crippen LogP contribution in [0.25, 0.3) is 10.7 Å². The van der Waals surface area contributed by atoms with E-state index in [0.717, 1.165) is 5.56 Å². The Kier molecular flexibility index (Phi) is 5.93. The number of ether oxygens (including phenoxy) is 1. The van der Waals surface area contributed by atoms with Gasteiger partial charge in [-0.3, -0.25) is 9.78 Å². The fourth-order valence-electron chi connectivity index (χ4n) is 2.40. The molecule has 2 aromatic heterocycles. The summed E-state index contributed by atoms with van der Waals surface area (Å²) in [6.45, 7) is 3.42. The molecular formula is C20H19N3O3S. The average molecular weight is 381 g/mol. The summed E-state index contributed by atoms with van der Waals surface area (Å²) in [5, 5.41) is 5.06. The lowest BCUT2D eigenvalue weighted by molar-refractivity contribution is -0.129. The Labute approximate surface area is 161 Å². The summed E-state index contributed by atoms with van der Waals surface area (Å²) in [5.74, 6) is -0.997. The number of pyridine rings is 1. The van der Waals surface area contributed by atoms with Crippen molar-refractivity contribution in [2.75, 3.05) is 0 Å². The van der Waals surface area contributed by atoms with Crippen LogP contribution in [0, 0.1) is 0 Å². The van der Waals surface area contributed by atoms with E-state index in [2.05, 4.69) is 15.3 Å². The molecule has 6 nitrogen and oxygen atoms in total. The molecule has 0 aliphatic rings. The topological polar surface area (TPSA) is 81.2 Å². The fourth-order valence-corrected chi connectivity index (χ4v) is 3.17. The number of nitrogens with one attached hydrogen (secondary N) is 1. The second-order valence-corrected chi connectivity index (χ2v) is 6.80. The molecular weight excluding hydrogens is 362 g/mol. The summed E-state index contributed by atoms with van der Waals surface area (Å²) < 4.78 is 5.26. The zero-order valence-corrected chi connectivity index (χ0v) is 15.8. The van der Waals surface area contributed by atoms with Crippen LogP contribution < -0.4 is 5.32 Å². The number of hydrogen-bond donors (Lipinski definition) is 1. The largest absolute Gasteiger partial charge is 0.448 e. The second kappa shape index (κ2) is 8.55. The Morgan fingerprint density at radius 2 is 1.81 bits per heavy atom. The minimum Gasteiger partial charge on any atom is -0.448 e. The van der Waals surface area contributed by atoms with E-state index in [1.165, 1.54) is 18.3 Å². The van der Waals surface area contributed by atoms with Crippen LogP contribution >= 0.6 is 11.3 Å². The highest BCUT2D eigenvalue weighted by molar-refractivity contribution is 7.13. The number of carbonyl (C=O) groups excluding carboxylic acids is 2. The third-order valence-electron chi connectivity index (χ3n) is 3.91. The van der Waals surface area contributed by atoms with Crippen LogP contribution in [-0.2, 0) is 9.53 Å². The Morgan fingerprint density at radius 3 is 2.52 bits per heavy atom. The molecule has 0 radical (unpaired) electrons. The Bertz CT molecular complexity index is 912. The standard InChI is InChI=1S/C20H19N3O3S/c1-13(15-8-4-3-5-9-15)22-18(24)14(2)26-20(25)17-12-27-19(23-17)16-10-6-7-11-21-16/h3-14H,1-2H3,(H,22,24)/t13-,14-/m1/s1. The molecule has 0 saturated heterocycles. The average Bonchev–Trinajstić information content (AvgIpc) is 3.19. The molecule has 0 unspecified atom stereocenters. The van der Waals surface area contributed by atoms with Crippen molar-refractivity contribution in [3.63, 3.8) is 0 Å². The van der Waals surface area contributed by atoms with Gasteiger partial charge in [0.25, 0.3) is 5.91 Å². The predicted molar refractivity (Wildman–Crippen MR) is 103 cm³/mol. The molecule has 138 valence electrons. The zero-order valence-electron chi connectivity index (χ0n) is 15.0. The molecule has 2 atom stereocenters. The van der Waals surface area contributed by atoms with E-state index in [9.17, 15) is 9.59 Å². The van der Waals surface area contributed by atoms with Gasteiger partial charge in [-0.15, -0.1) is 11.3 Å². The highest BCUT2D eigenvalue weighted by Gasteiger charge is 2.22. The van der Waals surface area contributed by atoms with Gasteiger partial charge in [-0.25, -0.2) is 9.78 Å². The smallest absolute Gasteiger partial charge is 0.358 e. The van der Waals surface area contributed by atoms with Crippen molar-refractivity contribution in [1.82, 2.24) is 15.3 Å². The first-order chi connectivity index (χ1) is 13.0. The summed E-state index contributed by atoms with van der Waals surface area (Å²) in [7, 11) is 0. The van der Waals surface area contributed by atoms with Gasteiger partial charge in [0.15, 0.2) is 11.8 Å². The molecule has 1 aromatic carbocycles. The molecule has 0 bridgehead atoms. The van der Waals surface area contributed by atoms with Gasteiger partial charge in [0, 0.05) is 11.6 Å². The van der Waals surface area contributed by atoms with E-state index < -0.39 is 12.1 Å². The highest BCUT2D eigenvalue weighted by atomic mass is 32.1. The summed E-state index contributed by atoms with van der Waals surface area (Å²) in [6.07, 6.45) is 0.735. The number of hydrogen-bond acceptors (Lipinski definition) is 6. The number of amides is 1. The van der Waals surface area contributed by atoms with Crippen molar-refractivity contribution in [2.45, 2.75) is 26.0 Å². The summed E-state index contributed by atoms with van der Waals surface area (Å²) in [6, 6.07) is 14.9. The number of aromatic nitrogens is 2. The minimum atomic E-state index is -0.927. The Hall–Kier alpha value is -3.06. The zero-order chi connectivity index (χ0) is 19.2. The lowest BCUT2D eigenvalue weighted by Gasteiger charge is -2.18. The van der Waals surface area contributed by atoms with Gasteiger partial charge in [0.05, 0.1) is 11.7 Å². The van der Waals surface area contributed by atoms with E-state index >= 15 is 0 Å². The molecule has 1 amide bonds. The molecule has 3 rings (SSSR count). The van der Waals surface area contributed by atoms with Gasteiger partial charge in [0.2, 0.25) is 0 Å². The van der Waals surface area contributed by atoms with Crippen LogP contribution in [0.4, 0.5) is 0 Å². The Morgan fingerprint density at radius 1 is 1.07 bits per heavy atom. The van der Waals surface area contributed by atoms with Crippen LogP contribution in [0.5, 0.6) is 0 Å². The van der Waals surface area contributed by atoms with Gasteiger partial charge in [-0.2, -0.15) is 0 Å². The number of esters is 1. The first-order valence-electron chi connectivity index (χ1n) is 8.48. The summed E-state index contributed by atoms with van der Waals surface area (Å²) in [5.41, 5.74) is 1.82. The molecule has 2 heterocycles. The maximum absolute atomic E-state index is 12.3. The molecule has 27 heavy (non-hydrogen) atoms. The van der Waals surface area contributed by atoms with Gasteiger partial charge in [-0.1, -0.05) is 36.4 Å². The summed E-state index contributed by atoms with van der Waals surface area (Å²) >= 11 is 1.30. The lowest BCUT2D eigenvalue weighted by atomic mass is 10.1. The van der Waals surface area contributed by atoms with Crippen molar-refractivity contribution in [2.24, 2.45) is 0 Å². The van der Waals surface area contributed by atoms with Crippen molar-refractivity contribution in [3.05, 3.63) is 71.4 Å². The third kappa shape index (κ3) is 4.77. The van der Waals surface area contributed by atoms with Crippen LogP contribution in [0.15, 0.2) is 60.1 Å². The van der Waals surface area contributed by atoms with Crippen molar-refractivity contribution in [3.8, 4) is 10.7 Å². The van der Waals surface area contributed by atoms with Crippen LogP contribution in [0.2, 0.25) is 0 Å². The van der Waals surface area contributed by atoms with E-state index in [1.807, 2.05) is 55.5 Å². The van der Waals surface area contributed by atoms with Crippen LogP contribution in [0.1, 0.15) is 35.9 Å². The number of thiazole rings is 1. The third-order valence-corrected chi connectivity index (χ3v) is 4.77. The summed E-state index contributed by atoms with van der Waals surface area (Å²) in [4.78, 5) is 33.0. The number of carbonyl (C=O) groups is 2. The molecule has 0 aliphatic heterocycles. The van der Waals surface area contributed by atoms with Gasteiger partial charge < -0.3 is 10.1 Å². The van der Waals surface area contributed by atoms with Crippen LogP contribution in [-0.4, -0.2) is 27.9 Å². The molecule has 0 fully saturated rings. The number of rotatable bonds is 6. The first-order valence-corrected chi connectivity index (χ1v) is 9.36. The maximum atomic E-state index is 12.3. The first kappa shape index (κ1) is 18.7. The maximum Gasteiger partial charge on any atom is 0.358 e. The normalized spacial score (nSPS) is 12.8. The van der Waals surface area contributed by atoms with E-state index in [0.29, 0.717) is 10.7 Å². The fraction of sp³-hybridized carbons (Fsp3) is 0.200. The SMILES string of the molecule is C[C@@H](OC(=O)c1csc(-c2ccccn2)n1)C(=O)N[C@H](C)c1ccccc1. The molecule has 0 saturated carbocycles.